The van der Waals surface area contributed by atoms with E-state index < -0.39 is 0 Å². The second-order valence-corrected chi connectivity index (χ2v) is 4.00. The van der Waals surface area contributed by atoms with Crippen LogP contribution >= 0.6 is 0 Å². The Kier molecular flexibility index (Phi) is 3.05. The number of hydrogen-bond acceptors (Lipinski definition) is 4. The summed E-state index contributed by atoms with van der Waals surface area (Å²) in [5.41, 5.74) is 0.842. The van der Waals surface area contributed by atoms with Gasteiger partial charge in [0.1, 0.15) is 17.8 Å². The molecule has 0 aliphatic rings. The van der Waals surface area contributed by atoms with E-state index in [2.05, 4.69) is 15.0 Å². The zero-order valence-electron chi connectivity index (χ0n) is 9.51. The number of aliphatic hydroxyl groups excluding tert-OH is 1. The van der Waals surface area contributed by atoms with Crippen molar-refractivity contribution in [2.75, 3.05) is 18.5 Å². The first-order valence-corrected chi connectivity index (χ1v) is 5.36. The summed E-state index contributed by atoms with van der Waals surface area (Å²) in [7, 11) is 1.97. The van der Waals surface area contributed by atoms with E-state index >= 15 is 0 Å². The smallest absolute Gasteiger partial charge is 0.142 e. The third-order valence-corrected chi connectivity index (χ3v) is 2.58. The number of rotatable bonds is 4. The van der Waals surface area contributed by atoms with Crippen molar-refractivity contribution >= 4 is 16.9 Å². The molecule has 86 valence electrons. The van der Waals surface area contributed by atoms with Gasteiger partial charge >= 0.3 is 0 Å². The zero-order valence-corrected chi connectivity index (χ0v) is 9.51. The first-order chi connectivity index (χ1) is 7.68. The van der Waals surface area contributed by atoms with Crippen molar-refractivity contribution in [3.63, 3.8) is 0 Å². The summed E-state index contributed by atoms with van der Waals surface area (Å²) < 4.78 is 0. The van der Waals surface area contributed by atoms with Gasteiger partial charge in [-0.3, -0.25) is 0 Å². The predicted octanol–water partition coefficient (Wildman–Crippen LogP) is 1.17. The fourth-order valence-corrected chi connectivity index (χ4v) is 1.65. The first kappa shape index (κ1) is 10.9. The molecule has 0 radical (unpaired) electrons. The molecule has 2 aromatic rings. The molecular formula is C11H16N4O. The third kappa shape index (κ3) is 2.14. The monoisotopic (exact) mass is 220 g/mol. The lowest BCUT2D eigenvalue weighted by molar-refractivity contribution is 0.187. The molecule has 2 rings (SSSR count). The van der Waals surface area contributed by atoms with Gasteiger partial charge in [0.2, 0.25) is 0 Å². The molecule has 1 atom stereocenters. The molecule has 0 aliphatic carbocycles. The molecule has 0 saturated heterocycles. The quantitative estimate of drug-likeness (QED) is 0.811. The SMILES string of the molecule is CC(O)CCN(C)c1ncnc2[nH]ccc12. The van der Waals surface area contributed by atoms with Crippen molar-refractivity contribution in [3.05, 3.63) is 18.6 Å². The summed E-state index contributed by atoms with van der Waals surface area (Å²) in [4.78, 5) is 13.5. The Morgan fingerprint density at radius 2 is 2.31 bits per heavy atom. The maximum absolute atomic E-state index is 9.26. The molecule has 0 aliphatic heterocycles. The van der Waals surface area contributed by atoms with E-state index in [4.69, 9.17) is 0 Å². The normalized spacial score (nSPS) is 12.9. The third-order valence-electron chi connectivity index (χ3n) is 2.58. The van der Waals surface area contributed by atoms with Crippen molar-refractivity contribution in [1.82, 2.24) is 15.0 Å². The molecule has 16 heavy (non-hydrogen) atoms. The molecule has 0 fully saturated rings. The van der Waals surface area contributed by atoms with Crippen molar-refractivity contribution in [2.24, 2.45) is 0 Å². The highest BCUT2D eigenvalue weighted by Crippen LogP contribution is 2.20. The number of aromatic nitrogens is 3. The highest BCUT2D eigenvalue weighted by Gasteiger charge is 2.09. The van der Waals surface area contributed by atoms with Crippen LogP contribution in [0.5, 0.6) is 0 Å². The van der Waals surface area contributed by atoms with Gasteiger partial charge in [-0.05, 0) is 19.4 Å². The Bertz CT molecular complexity index is 466. The fraction of sp³-hybridized carbons (Fsp3) is 0.455. The number of aromatic amines is 1. The lowest BCUT2D eigenvalue weighted by Gasteiger charge is -2.19. The summed E-state index contributed by atoms with van der Waals surface area (Å²) in [6.45, 7) is 2.56. The van der Waals surface area contributed by atoms with Crippen LogP contribution in [0.4, 0.5) is 5.82 Å². The average Bonchev–Trinajstić information content (AvgIpc) is 2.73. The van der Waals surface area contributed by atoms with Crippen molar-refractivity contribution in [3.8, 4) is 0 Å². The highest BCUT2D eigenvalue weighted by atomic mass is 16.3. The lowest BCUT2D eigenvalue weighted by atomic mass is 10.2. The second-order valence-electron chi connectivity index (χ2n) is 4.00. The predicted molar refractivity (Wildman–Crippen MR) is 63.5 cm³/mol. The fourth-order valence-electron chi connectivity index (χ4n) is 1.65. The van der Waals surface area contributed by atoms with Gasteiger partial charge in [-0.25, -0.2) is 9.97 Å². The number of aliphatic hydroxyl groups is 1. The summed E-state index contributed by atoms with van der Waals surface area (Å²) in [6.07, 6.45) is 3.84. The maximum Gasteiger partial charge on any atom is 0.142 e. The molecule has 5 nitrogen and oxygen atoms in total. The molecule has 0 amide bonds. The topological polar surface area (TPSA) is 65.0 Å². The Morgan fingerprint density at radius 1 is 1.50 bits per heavy atom. The van der Waals surface area contributed by atoms with Gasteiger partial charge in [-0.2, -0.15) is 0 Å². The van der Waals surface area contributed by atoms with Crippen LogP contribution in [-0.4, -0.2) is 39.8 Å². The molecule has 0 aromatic carbocycles. The molecule has 2 N–H and O–H groups in total. The molecule has 0 bridgehead atoms. The Balaban J connectivity index is 2.22. The van der Waals surface area contributed by atoms with Crippen LogP contribution in [0.3, 0.4) is 0 Å². The number of fused-ring (bicyclic) bond motifs is 1. The van der Waals surface area contributed by atoms with Crippen molar-refractivity contribution in [2.45, 2.75) is 19.4 Å². The molecular weight excluding hydrogens is 204 g/mol. The van der Waals surface area contributed by atoms with Gasteiger partial charge in [0, 0.05) is 19.8 Å². The Labute approximate surface area is 94.1 Å². The maximum atomic E-state index is 9.26. The van der Waals surface area contributed by atoms with E-state index in [-0.39, 0.29) is 6.10 Å². The van der Waals surface area contributed by atoms with E-state index in [0.717, 1.165) is 29.8 Å². The number of hydrogen-bond donors (Lipinski definition) is 2. The van der Waals surface area contributed by atoms with Crippen molar-refractivity contribution in [1.29, 1.82) is 0 Å². The van der Waals surface area contributed by atoms with Crippen LogP contribution in [0.15, 0.2) is 18.6 Å². The summed E-state index contributed by atoms with van der Waals surface area (Å²) >= 11 is 0. The second kappa shape index (κ2) is 4.49. The standard InChI is InChI=1S/C11H16N4O/c1-8(16)4-6-15(2)11-9-3-5-12-10(9)13-7-14-11/h3,5,7-8,16H,4,6H2,1-2H3,(H,12,13,14). The minimum atomic E-state index is -0.286. The summed E-state index contributed by atoms with van der Waals surface area (Å²) in [6, 6.07) is 1.96. The zero-order chi connectivity index (χ0) is 11.5. The first-order valence-electron chi connectivity index (χ1n) is 5.36. The van der Waals surface area contributed by atoms with E-state index in [1.807, 2.05) is 24.2 Å². The van der Waals surface area contributed by atoms with Gasteiger partial charge in [0.05, 0.1) is 11.5 Å². The van der Waals surface area contributed by atoms with Crippen LogP contribution < -0.4 is 4.90 Å². The van der Waals surface area contributed by atoms with Gasteiger partial charge in [-0.15, -0.1) is 0 Å². The van der Waals surface area contributed by atoms with E-state index in [1.54, 1.807) is 13.3 Å². The number of nitrogens with one attached hydrogen (secondary N) is 1. The summed E-state index contributed by atoms with van der Waals surface area (Å²) in [5.74, 6) is 0.895. The molecule has 2 heterocycles. The van der Waals surface area contributed by atoms with Crippen molar-refractivity contribution < 1.29 is 5.11 Å². The average molecular weight is 220 g/mol. The van der Waals surface area contributed by atoms with Crippen LogP contribution in [0.2, 0.25) is 0 Å². The van der Waals surface area contributed by atoms with Crippen LogP contribution in [0, 0.1) is 0 Å². The number of nitrogens with zero attached hydrogens (tertiary/aromatic N) is 3. The molecule has 1 unspecified atom stereocenters. The Hall–Kier alpha value is -1.62. The lowest BCUT2D eigenvalue weighted by Crippen LogP contribution is -2.22. The summed E-state index contributed by atoms with van der Waals surface area (Å²) in [5, 5.41) is 10.3. The van der Waals surface area contributed by atoms with Gasteiger partial charge < -0.3 is 15.0 Å². The molecule has 0 saturated carbocycles. The minimum absolute atomic E-state index is 0.286. The molecule has 2 aromatic heterocycles. The molecule has 0 spiro atoms. The van der Waals surface area contributed by atoms with E-state index in [9.17, 15) is 5.11 Å². The highest BCUT2D eigenvalue weighted by molar-refractivity contribution is 5.87. The van der Waals surface area contributed by atoms with Crippen LogP contribution in [0.1, 0.15) is 13.3 Å². The number of anilines is 1. The largest absolute Gasteiger partial charge is 0.393 e. The van der Waals surface area contributed by atoms with Gasteiger partial charge in [0.25, 0.3) is 0 Å². The van der Waals surface area contributed by atoms with Crippen LogP contribution in [0.25, 0.3) is 11.0 Å². The minimum Gasteiger partial charge on any atom is -0.393 e. The molecule has 5 heteroatoms. The van der Waals surface area contributed by atoms with E-state index in [1.165, 1.54) is 0 Å². The number of H-pyrrole nitrogens is 1. The van der Waals surface area contributed by atoms with E-state index in [0.29, 0.717) is 0 Å². The van der Waals surface area contributed by atoms with Crippen LogP contribution in [-0.2, 0) is 0 Å². The van der Waals surface area contributed by atoms with Gasteiger partial charge in [-0.1, -0.05) is 0 Å². The van der Waals surface area contributed by atoms with Gasteiger partial charge in [0.15, 0.2) is 0 Å². The Morgan fingerprint density at radius 3 is 3.06 bits per heavy atom.